The molecule has 0 atom stereocenters. The summed E-state index contributed by atoms with van der Waals surface area (Å²) in [7, 11) is 17.0. The highest BCUT2D eigenvalue weighted by molar-refractivity contribution is 5.86. The summed E-state index contributed by atoms with van der Waals surface area (Å²) < 4.78 is 14.1. The van der Waals surface area contributed by atoms with Gasteiger partial charge >= 0.3 is 0 Å². The molecule has 4 heteroatoms. The summed E-state index contributed by atoms with van der Waals surface area (Å²) in [5, 5.41) is 0. The number of hydrogen-bond acceptors (Lipinski definition) is 2. The molecule has 0 unspecified atom stereocenters. The first kappa shape index (κ1) is 26.2. The smallest absolute Gasteiger partial charge is 0.136 e. The molecule has 2 rings (SSSR count). The Balaban J connectivity index is 3.09. The average Bonchev–Trinajstić information content (AvgIpc) is 2.67. The van der Waals surface area contributed by atoms with E-state index in [4.69, 9.17) is 9.47 Å². The van der Waals surface area contributed by atoms with Gasteiger partial charge in [-0.3, -0.25) is 0 Å². The summed E-state index contributed by atoms with van der Waals surface area (Å²) in [4.78, 5) is 0. The molecule has 32 heavy (non-hydrogen) atoms. The molecule has 0 spiro atoms. The van der Waals surface area contributed by atoms with Crippen LogP contribution in [0.15, 0.2) is 0 Å². The van der Waals surface area contributed by atoms with E-state index in [1.54, 1.807) is 0 Å². The van der Waals surface area contributed by atoms with E-state index in [9.17, 15) is 0 Å². The molecule has 178 valence electrons. The fraction of sp³-hybridized carbons (Fsp3) is 0.571. The van der Waals surface area contributed by atoms with Crippen molar-refractivity contribution >= 4 is 0 Å². The summed E-state index contributed by atoms with van der Waals surface area (Å²) in [6, 6.07) is 0. The van der Waals surface area contributed by atoms with E-state index in [2.05, 4.69) is 83.8 Å². The molecule has 0 N–H and O–H groups in total. The summed E-state index contributed by atoms with van der Waals surface area (Å²) in [5.41, 5.74) is 12.8. The maximum atomic E-state index is 6.19. The lowest BCUT2D eigenvalue weighted by atomic mass is 9.83. The molecule has 0 saturated heterocycles. The fourth-order valence-corrected chi connectivity index (χ4v) is 4.76. The second kappa shape index (κ2) is 9.07. The minimum Gasteiger partial charge on any atom is -0.496 e. The molecule has 0 aliphatic rings. The number of benzene rings is 2. The van der Waals surface area contributed by atoms with Gasteiger partial charge in [-0.2, -0.15) is 0 Å². The molecule has 0 amide bonds. The van der Waals surface area contributed by atoms with Gasteiger partial charge in [0.15, 0.2) is 0 Å². The van der Waals surface area contributed by atoms with Gasteiger partial charge in [0, 0.05) is 11.1 Å². The van der Waals surface area contributed by atoms with Crippen LogP contribution in [0.3, 0.4) is 0 Å². The highest BCUT2D eigenvalue weighted by atomic mass is 16.5. The molecule has 0 aliphatic carbocycles. The van der Waals surface area contributed by atoms with Crippen molar-refractivity contribution in [1.29, 1.82) is 0 Å². The maximum absolute atomic E-state index is 6.19. The topological polar surface area (TPSA) is 18.5 Å². The molecule has 4 nitrogen and oxygen atoms in total. The Labute approximate surface area is 196 Å². The first-order valence-corrected chi connectivity index (χ1v) is 11.5. The van der Waals surface area contributed by atoms with E-state index in [1.165, 1.54) is 55.6 Å². The van der Waals surface area contributed by atoms with Crippen LogP contribution in [-0.2, 0) is 13.1 Å². The Morgan fingerprint density at radius 3 is 0.969 bits per heavy atom. The van der Waals surface area contributed by atoms with Gasteiger partial charge in [-0.1, -0.05) is 0 Å². The van der Waals surface area contributed by atoms with E-state index in [0.717, 1.165) is 33.6 Å². The van der Waals surface area contributed by atoms with E-state index in [0.29, 0.717) is 0 Å². The van der Waals surface area contributed by atoms with Crippen LogP contribution in [-0.4, -0.2) is 65.5 Å². The second-order valence-electron chi connectivity index (χ2n) is 11.4. The third-order valence-corrected chi connectivity index (χ3v) is 6.83. The lowest BCUT2D eigenvalue weighted by molar-refractivity contribution is -0.884. The Bertz CT molecular complexity index is 939. The highest BCUT2D eigenvalue weighted by Gasteiger charge is 2.30. The van der Waals surface area contributed by atoms with E-state index >= 15 is 0 Å². The lowest BCUT2D eigenvalue weighted by Gasteiger charge is -2.31. The minimum absolute atomic E-state index is 0.842. The summed E-state index contributed by atoms with van der Waals surface area (Å²) in [5.74, 6) is 1.97. The molecular weight excluding hydrogens is 396 g/mol. The Hall–Kier alpha value is -2.04. The van der Waals surface area contributed by atoms with Crippen molar-refractivity contribution in [3.05, 3.63) is 44.5 Å². The van der Waals surface area contributed by atoms with Crippen LogP contribution in [0.5, 0.6) is 11.5 Å². The van der Waals surface area contributed by atoms with E-state index in [1.807, 2.05) is 14.2 Å². The molecular formula is C28H46N2O2+2. The summed E-state index contributed by atoms with van der Waals surface area (Å²) in [6.45, 7) is 15.2. The van der Waals surface area contributed by atoms with Crippen LogP contribution in [0.25, 0.3) is 11.1 Å². The monoisotopic (exact) mass is 442 g/mol. The molecule has 2 aromatic rings. The largest absolute Gasteiger partial charge is 0.496 e. The van der Waals surface area contributed by atoms with Gasteiger partial charge in [-0.15, -0.1) is 0 Å². The van der Waals surface area contributed by atoms with Crippen molar-refractivity contribution in [3.63, 3.8) is 0 Å². The zero-order chi connectivity index (χ0) is 24.8. The number of methoxy groups -OCH3 is 2. The lowest BCUT2D eigenvalue weighted by Crippen LogP contribution is -2.34. The van der Waals surface area contributed by atoms with Crippen molar-refractivity contribution < 1.29 is 18.4 Å². The van der Waals surface area contributed by atoms with Crippen LogP contribution in [0.1, 0.15) is 44.5 Å². The fourth-order valence-electron chi connectivity index (χ4n) is 4.76. The second-order valence-corrected chi connectivity index (χ2v) is 11.4. The molecule has 0 heterocycles. The third-order valence-electron chi connectivity index (χ3n) is 6.83. The van der Waals surface area contributed by atoms with Gasteiger partial charge in [0.2, 0.25) is 0 Å². The maximum Gasteiger partial charge on any atom is 0.136 e. The molecule has 0 bridgehead atoms. The molecule has 0 saturated carbocycles. The number of rotatable bonds is 7. The van der Waals surface area contributed by atoms with Gasteiger partial charge < -0.3 is 18.4 Å². The van der Waals surface area contributed by atoms with Crippen LogP contribution >= 0.6 is 0 Å². The van der Waals surface area contributed by atoms with E-state index in [-0.39, 0.29) is 0 Å². The third kappa shape index (κ3) is 4.97. The van der Waals surface area contributed by atoms with Crippen LogP contribution in [0.2, 0.25) is 0 Å². The Kier molecular flexibility index (Phi) is 7.43. The molecule has 0 radical (unpaired) electrons. The molecule has 2 aromatic carbocycles. The Morgan fingerprint density at radius 1 is 0.469 bits per heavy atom. The van der Waals surface area contributed by atoms with Gasteiger partial charge in [0.1, 0.15) is 24.6 Å². The summed E-state index contributed by atoms with van der Waals surface area (Å²) in [6.07, 6.45) is 0. The first-order chi connectivity index (χ1) is 14.6. The van der Waals surface area contributed by atoms with Crippen molar-refractivity contribution in [1.82, 2.24) is 0 Å². The van der Waals surface area contributed by atoms with Crippen molar-refractivity contribution in [2.45, 2.75) is 54.6 Å². The quantitative estimate of drug-likeness (QED) is 0.517. The van der Waals surface area contributed by atoms with Gasteiger partial charge in [0.25, 0.3) is 0 Å². The Morgan fingerprint density at radius 2 is 0.750 bits per heavy atom. The SMILES string of the molecule is COc1c(C[N+](C)(C)C)c(C)c(C)c(C)c1-c1c(C)c(C)c(C)c(C[N+](C)(C)C)c1OC. The van der Waals surface area contributed by atoms with Crippen LogP contribution in [0, 0.1) is 41.5 Å². The van der Waals surface area contributed by atoms with Crippen molar-refractivity contribution in [2.75, 3.05) is 56.5 Å². The van der Waals surface area contributed by atoms with Gasteiger partial charge in [0.05, 0.1) is 67.6 Å². The predicted molar refractivity (Wildman–Crippen MR) is 137 cm³/mol. The highest BCUT2D eigenvalue weighted by Crippen LogP contribution is 2.48. The number of nitrogens with zero attached hydrogens (tertiary/aromatic N) is 2. The molecule has 0 fully saturated rings. The summed E-state index contributed by atoms with van der Waals surface area (Å²) >= 11 is 0. The van der Waals surface area contributed by atoms with Gasteiger partial charge in [-0.05, 0) is 74.9 Å². The number of ether oxygens (including phenoxy) is 2. The average molecular weight is 443 g/mol. The molecule has 0 aromatic heterocycles. The number of hydrogen-bond donors (Lipinski definition) is 0. The standard InChI is InChI=1S/C28H46N2O2/c1-17-19(3)23(15-29(7,8)9)27(31-13)25(21(17)5)26-22(6)18(2)20(4)24(28(26)32-14)16-30(10,11)12/h15-16H2,1-14H3/q+2. The zero-order valence-electron chi connectivity index (χ0n) is 23.1. The van der Waals surface area contributed by atoms with Crippen molar-refractivity contribution in [2.24, 2.45) is 0 Å². The molecule has 0 aliphatic heterocycles. The van der Waals surface area contributed by atoms with Crippen LogP contribution in [0.4, 0.5) is 0 Å². The van der Waals surface area contributed by atoms with Gasteiger partial charge in [-0.25, -0.2) is 0 Å². The predicted octanol–water partition coefficient (Wildman–Crippen LogP) is 5.63. The number of quaternary nitrogens is 2. The van der Waals surface area contributed by atoms with E-state index < -0.39 is 0 Å². The van der Waals surface area contributed by atoms with Crippen molar-refractivity contribution in [3.8, 4) is 22.6 Å². The first-order valence-electron chi connectivity index (χ1n) is 11.5. The zero-order valence-corrected chi connectivity index (χ0v) is 23.1. The normalized spacial score (nSPS) is 12.3. The minimum atomic E-state index is 0.842. The van der Waals surface area contributed by atoms with Crippen LogP contribution < -0.4 is 9.47 Å².